The van der Waals surface area contributed by atoms with E-state index in [2.05, 4.69) is 9.05 Å². The Bertz CT molecular complexity index is 278. The number of carbonyl (C=O) groups is 1. The number of halogens is 4. The van der Waals surface area contributed by atoms with E-state index in [1.165, 1.54) is 13.8 Å². The molecular weight excluding hydrogens is 306 g/mol. The third-order valence-corrected chi connectivity index (χ3v) is 3.27. The molecule has 0 saturated heterocycles. The van der Waals surface area contributed by atoms with Gasteiger partial charge in [0, 0.05) is 0 Å². The Hall–Kier alpha value is -0.110. The summed E-state index contributed by atoms with van der Waals surface area (Å²) in [6.45, 7) is 2.89. The average molecular weight is 320 g/mol. The Morgan fingerprint density at radius 3 is 1.61 bits per heavy atom. The van der Waals surface area contributed by atoms with E-state index in [0.29, 0.717) is 0 Å². The van der Waals surface area contributed by atoms with Crippen LogP contribution in [0.1, 0.15) is 13.8 Å². The molecule has 0 aliphatic carbocycles. The van der Waals surface area contributed by atoms with Crippen molar-refractivity contribution in [3.05, 3.63) is 0 Å². The Morgan fingerprint density at radius 1 is 1.17 bits per heavy atom. The van der Waals surface area contributed by atoms with E-state index in [-0.39, 0.29) is 19.5 Å². The first kappa shape index (κ1) is 20.2. The van der Waals surface area contributed by atoms with Crippen molar-refractivity contribution in [2.24, 2.45) is 0 Å². The van der Waals surface area contributed by atoms with Gasteiger partial charge in [0.2, 0.25) is 0 Å². The predicted molar refractivity (Wildman–Crippen MR) is 56.8 cm³/mol. The first-order chi connectivity index (χ1) is 7.93. The van der Waals surface area contributed by atoms with Crippen molar-refractivity contribution < 1.29 is 45.4 Å². The van der Waals surface area contributed by atoms with Gasteiger partial charge < -0.3 is 19.3 Å². The Balaban J connectivity index is 0. The van der Waals surface area contributed by atoms with Gasteiger partial charge in [-0.15, -0.1) is 0 Å². The maximum atomic E-state index is 11.5. The normalized spacial score (nSPS) is 13.6. The number of hydrogen-bond donors (Lipinski definition) is 2. The van der Waals surface area contributed by atoms with Gasteiger partial charge in [-0.1, -0.05) is 0 Å². The molecule has 0 rings (SSSR count). The molecule has 112 valence electrons. The maximum absolute atomic E-state index is 11.5. The summed E-state index contributed by atoms with van der Waals surface area (Å²) >= 11 is 0. The molecule has 18 heavy (non-hydrogen) atoms. The Labute approximate surface area is 101 Å². The van der Waals surface area contributed by atoms with Gasteiger partial charge in [0.1, 0.15) is 0 Å². The minimum absolute atomic E-state index is 0.0476. The van der Waals surface area contributed by atoms with Crippen LogP contribution >= 0.6 is 16.1 Å². The molecule has 0 bridgehead atoms. The van der Waals surface area contributed by atoms with Gasteiger partial charge in [0.05, 0.1) is 13.2 Å². The molecule has 0 amide bonds. The Morgan fingerprint density at radius 2 is 1.44 bits per heavy atom. The first-order valence-electron chi connectivity index (χ1n) is 4.49. The van der Waals surface area contributed by atoms with Crippen LogP contribution in [0.5, 0.6) is 0 Å². The summed E-state index contributed by atoms with van der Waals surface area (Å²) in [5, 5.41) is 18.0. The zero-order valence-corrected chi connectivity index (χ0v) is 11.4. The van der Waals surface area contributed by atoms with Crippen molar-refractivity contribution in [3.8, 4) is 0 Å². The number of carbonyl (C=O) groups excluding carboxylic acids is 1. The van der Waals surface area contributed by atoms with E-state index < -0.39 is 21.6 Å². The summed E-state index contributed by atoms with van der Waals surface area (Å²) in [6, 6.07) is 0. The summed E-state index contributed by atoms with van der Waals surface area (Å²) < 4.78 is 59.9. The fourth-order valence-electron chi connectivity index (χ4n) is 0.632. The summed E-state index contributed by atoms with van der Waals surface area (Å²) in [4.78, 5) is 10.2. The van der Waals surface area contributed by atoms with Gasteiger partial charge >= 0.3 is 38.4 Å². The van der Waals surface area contributed by atoms with E-state index in [0.717, 1.165) is 0 Å². The third-order valence-electron chi connectivity index (χ3n) is 1.16. The molecule has 0 fully saturated rings. The summed E-state index contributed by atoms with van der Waals surface area (Å²) in [5.41, 5.74) is -3.07. The van der Waals surface area contributed by atoms with Gasteiger partial charge in [0.15, 0.2) is 6.29 Å². The Kier molecular flexibility index (Phi) is 9.14. The molecule has 12 heteroatoms. The van der Waals surface area contributed by atoms with E-state index in [9.17, 15) is 26.1 Å². The molecule has 6 nitrogen and oxygen atoms in total. The molecule has 0 atom stereocenters. The molecular formula is C6H14F4O6P2. The van der Waals surface area contributed by atoms with Gasteiger partial charge in [-0.2, -0.15) is 0 Å². The quantitative estimate of drug-likeness (QED) is 0.338. The van der Waals surface area contributed by atoms with E-state index in [4.69, 9.17) is 10.2 Å². The minimum atomic E-state index is -6.61. The van der Waals surface area contributed by atoms with Crippen LogP contribution in [0.15, 0.2) is 0 Å². The monoisotopic (exact) mass is 320 g/mol. The van der Waals surface area contributed by atoms with Crippen molar-refractivity contribution in [3.63, 3.8) is 0 Å². The van der Waals surface area contributed by atoms with Crippen molar-refractivity contribution in [1.29, 1.82) is 0 Å². The van der Waals surface area contributed by atoms with Gasteiger partial charge in [-0.3, -0.25) is 9.36 Å². The van der Waals surface area contributed by atoms with Gasteiger partial charge in [-0.05, 0) is 13.8 Å². The van der Waals surface area contributed by atoms with Crippen LogP contribution in [0.4, 0.5) is 16.8 Å². The summed E-state index contributed by atoms with van der Waals surface area (Å²) in [6.07, 6.45) is -0.279. The second kappa shape index (κ2) is 8.14. The van der Waals surface area contributed by atoms with Crippen LogP contribution < -0.4 is 0 Å². The standard InChI is InChI=1S/C6H13O6P.F4HP/c1-3-11-13(10,12-4-2)6(8,9)5-7;1-5(2,3)4/h5,8-9H,3-4H2,1-2H3;5H. The van der Waals surface area contributed by atoms with Crippen molar-refractivity contribution in [2.45, 2.75) is 19.4 Å². The fourth-order valence-corrected chi connectivity index (χ4v) is 1.90. The molecule has 0 saturated carbocycles. The zero-order valence-electron chi connectivity index (χ0n) is 9.48. The van der Waals surface area contributed by atoms with Crippen molar-refractivity contribution >= 4 is 22.4 Å². The third kappa shape index (κ3) is 8.91. The topological polar surface area (TPSA) is 93.1 Å². The summed E-state index contributed by atoms with van der Waals surface area (Å²) in [5.74, 6) is 0. The van der Waals surface area contributed by atoms with Crippen molar-refractivity contribution in [2.75, 3.05) is 13.2 Å². The number of hydrogen-bond acceptors (Lipinski definition) is 6. The zero-order chi connectivity index (χ0) is 15.0. The van der Waals surface area contributed by atoms with Gasteiger partial charge in [-0.25, -0.2) is 0 Å². The molecule has 0 spiro atoms. The van der Waals surface area contributed by atoms with E-state index in [1.54, 1.807) is 0 Å². The molecule has 0 aromatic carbocycles. The van der Waals surface area contributed by atoms with Crippen molar-refractivity contribution in [1.82, 2.24) is 0 Å². The molecule has 0 aromatic rings. The molecule has 0 aliphatic rings. The van der Waals surface area contributed by atoms with E-state index >= 15 is 0 Å². The molecule has 2 N–H and O–H groups in total. The molecule has 0 radical (unpaired) electrons. The second-order valence-electron chi connectivity index (χ2n) is 2.57. The van der Waals surface area contributed by atoms with Crippen LogP contribution in [0, 0.1) is 0 Å². The van der Waals surface area contributed by atoms with Crippen LogP contribution in [-0.4, -0.2) is 35.2 Å². The number of aliphatic hydroxyl groups is 2. The van der Waals surface area contributed by atoms with Gasteiger partial charge in [0.25, 0.3) is 0 Å². The van der Waals surface area contributed by atoms with E-state index in [1.807, 2.05) is 0 Å². The molecule has 0 aliphatic heterocycles. The van der Waals surface area contributed by atoms with Crippen LogP contribution in [0.25, 0.3) is 0 Å². The fraction of sp³-hybridized carbons (Fsp3) is 0.833. The molecule has 0 aromatic heterocycles. The summed E-state index contributed by atoms with van der Waals surface area (Å²) in [7, 11) is -10.8. The average Bonchev–Trinajstić information content (AvgIpc) is 2.15. The van der Waals surface area contributed by atoms with Crippen LogP contribution in [0.2, 0.25) is 0 Å². The SMILES string of the molecule is CCOP(=O)(OCC)C(O)(O)C=O.F[PH](F)(F)F. The van der Waals surface area contributed by atoms with Crippen LogP contribution in [0.3, 0.4) is 0 Å². The molecule has 0 unspecified atom stereocenters. The molecule has 0 heterocycles. The number of aldehydes is 1. The second-order valence-corrected chi connectivity index (χ2v) is 5.59. The number of rotatable bonds is 6. The first-order valence-corrected chi connectivity index (χ1v) is 7.54. The predicted octanol–water partition coefficient (Wildman–Crippen LogP) is 2.36. The van der Waals surface area contributed by atoms with Crippen LogP contribution in [-0.2, 0) is 18.4 Å².